The Morgan fingerprint density at radius 1 is 1.05 bits per heavy atom. The number of aromatic nitrogens is 1. The summed E-state index contributed by atoms with van der Waals surface area (Å²) in [6.07, 6.45) is 4.47. The summed E-state index contributed by atoms with van der Waals surface area (Å²) < 4.78 is 2.24. The Balaban J connectivity index is 2.38. The molecule has 0 fully saturated rings. The van der Waals surface area contributed by atoms with Crippen LogP contribution in [-0.2, 0) is 19.9 Å². The summed E-state index contributed by atoms with van der Waals surface area (Å²) in [6, 6.07) is 11.4. The Bertz CT molecular complexity index is 597. The second kappa shape index (κ2) is 6.21. The topological polar surface area (TPSA) is 3.88 Å². The van der Waals surface area contributed by atoms with Gasteiger partial charge in [0.25, 0.3) is 0 Å². The fourth-order valence-electron chi connectivity index (χ4n) is 2.77. The van der Waals surface area contributed by atoms with Crippen molar-refractivity contribution in [3.05, 3.63) is 53.2 Å². The van der Waals surface area contributed by atoms with Crippen molar-refractivity contribution in [1.29, 1.82) is 0 Å². The Kier molecular flexibility index (Phi) is 4.59. The van der Waals surface area contributed by atoms with Gasteiger partial charge in [-0.1, -0.05) is 32.9 Å². The van der Waals surface area contributed by atoms with Gasteiger partial charge in [0.2, 0.25) is 5.69 Å². The van der Waals surface area contributed by atoms with E-state index < -0.39 is 0 Å². The van der Waals surface area contributed by atoms with Gasteiger partial charge in [0.15, 0.2) is 6.20 Å². The highest BCUT2D eigenvalue weighted by Gasteiger charge is 2.13. The molecule has 1 aromatic carbocycles. The first-order valence-corrected chi connectivity index (χ1v) is 7.59. The summed E-state index contributed by atoms with van der Waals surface area (Å²) in [7, 11) is 2.13. The average Bonchev–Trinajstić information content (AvgIpc) is 2.39. The summed E-state index contributed by atoms with van der Waals surface area (Å²) in [4.78, 5) is 0. The molecule has 106 valence electrons. The van der Waals surface area contributed by atoms with Gasteiger partial charge in [0.1, 0.15) is 7.05 Å². The van der Waals surface area contributed by atoms with E-state index in [2.05, 4.69) is 75.8 Å². The molecule has 0 amide bonds. The minimum atomic E-state index is 0.709. The lowest BCUT2D eigenvalue weighted by Gasteiger charge is -2.09. The van der Waals surface area contributed by atoms with Crippen LogP contribution in [0.3, 0.4) is 0 Å². The number of benzene rings is 1. The van der Waals surface area contributed by atoms with Crippen LogP contribution in [0.15, 0.2) is 36.5 Å². The van der Waals surface area contributed by atoms with E-state index in [1.54, 1.807) is 0 Å². The van der Waals surface area contributed by atoms with E-state index in [4.69, 9.17) is 0 Å². The lowest BCUT2D eigenvalue weighted by atomic mass is 9.96. The highest BCUT2D eigenvalue weighted by Crippen LogP contribution is 2.22. The minimum Gasteiger partial charge on any atom is -0.201 e. The Morgan fingerprint density at radius 3 is 2.30 bits per heavy atom. The van der Waals surface area contributed by atoms with Gasteiger partial charge in [0, 0.05) is 17.2 Å². The molecule has 0 radical (unpaired) electrons. The van der Waals surface area contributed by atoms with Gasteiger partial charge in [-0.15, -0.1) is 0 Å². The van der Waals surface area contributed by atoms with Gasteiger partial charge in [-0.3, -0.25) is 0 Å². The molecular weight excluding hydrogens is 242 g/mol. The molecule has 0 aliphatic carbocycles. The van der Waals surface area contributed by atoms with Crippen molar-refractivity contribution in [3.8, 4) is 11.3 Å². The SMILES string of the molecule is CCc1ccc(-c2ccc(CC(C)C)cc2C)[n+](C)c1. The standard InChI is InChI=1S/C19H26N/c1-6-16-8-10-19(20(5)13-16)18-9-7-17(11-14(2)3)12-15(18)4/h7-10,12-14H,6,11H2,1-5H3/q+1. The van der Waals surface area contributed by atoms with Crippen molar-refractivity contribution in [1.82, 2.24) is 0 Å². The third-order valence-electron chi connectivity index (χ3n) is 3.81. The normalized spacial score (nSPS) is 11.1. The fraction of sp³-hybridized carbons (Fsp3) is 0.421. The van der Waals surface area contributed by atoms with Crippen molar-refractivity contribution >= 4 is 0 Å². The molecule has 0 spiro atoms. The second-order valence-electron chi connectivity index (χ2n) is 6.13. The van der Waals surface area contributed by atoms with Crippen LogP contribution in [0.2, 0.25) is 0 Å². The molecule has 1 heteroatoms. The number of pyridine rings is 1. The van der Waals surface area contributed by atoms with Gasteiger partial charge < -0.3 is 0 Å². The average molecular weight is 268 g/mol. The second-order valence-corrected chi connectivity index (χ2v) is 6.13. The van der Waals surface area contributed by atoms with Crippen molar-refractivity contribution in [3.63, 3.8) is 0 Å². The first-order valence-electron chi connectivity index (χ1n) is 7.59. The van der Waals surface area contributed by atoms with E-state index in [9.17, 15) is 0 Å². The predicted octanol–water partition coefficient (Wildman–Crippen LogP) is 4.25. The summed E-state index contributed by atoms with van der Waals surface area (Å²) in [5.74, 6) is 0.709. The maximum absolute atomic E-state index is 2.34. The summed E-state index contributed by atoms with van der Waals surface area (Å²) in [5, 5.41) is 0. The zero-order valence-corrected chi connectivity index (χ0v) is 13.4. The van der Waals surface area contributed by atoms with Crippen molar-refractivity contribution in [2.45, 2.75) is 40.5 Å². The zero-order chi connectivity index (χ0) is 14.7. The maximum atomic E-state index is 2.34. The highest BCUT2D eigenvalue weighted by molar-refractivity contribution is 5.61. The number of rotatable bonds is 4. The lowest BCUT2D eigenvalue weighted by molar-refractivity contribution is -0.660. The molecular formula is C19H26N+. The Morgan fingerprint density at radius 2 is 1.75 bits per heavy atom. The van der Waals surface area contributed by atoms with E-state index in [0.29, 0.717) is 5.92 Å². The Labute approximate surface area is 123 Å². The quantitative estimate of drug-likeness (QED) is 0.730. The van der Waals surface area contributed by atoms with Crippen LogP contribution in [0.1, 0.15) is 37.5 Å². The molecule has 0 saturated heterocycles. The molecule has 0 atom stereocenters. The van der Waals surface area contributed by atoms with Crippen molar-refractivity contribution < 1.29 is 4.57 Å². The largest absolute Gasteiger partial charge is 0.212 e. The van der Waals surface area contributed by atoms with Gasteiger partial charge >= 0.3 is 0 Å². The Hall–Kier alpha value is -1.63. The van der Waals surface area contributed by atoms with Crippen LogP contribution >= 0.6 is 0 Å². The molecule has 1 nitrogen and oxygen atoms in total. The van der Waals surface area contributed by atoms with Crippen LogP contribution in [0, 0.1) is 12.8 Å². The molecule has 0 aliphatic rings. The van der Waals surface area contributed by atoms with Crippen LogP contribution < -0.4 is 4.57 Å². The molecule has 1 heterocycles. The van der Waals surface area contributed by atoms with Gasteiger partial charge in [0.05, 0.1) is 0 Å². The summed E-state index contributed by atoms with van der Waals surface area (Å²) in [5.41, 5.74) is 6.81. The lowest BCUT2D eigenvalue weighted by Crippen LogP contribution is -2.31. The number of aryl methyl sites for hydroxylation is 3. The smallest absolute Gasteiger partial charge is 0.201 e. The van der Waals surface area contributed by atoms with E-state index >= 15 is 0 Å². The van der Waals surface area contributed by atoms with Crippen LogP contribution in [0.25, 0.3) is 11.3 Å². The molecule has 0 bridgehead atoms. The summed E-state index contributed by atoms with van der Waals surface area (Å²) >= 11 is 0. The number of nitrogens with zero attached hydrogens (tertiary/aromatic N) is 1. The zero-order valence-electron chi connectivity index (χ0n) is 13.4. The molecule has 0 unspecified atom stereocenters. The van der Waals surface area contributed by atoms with Gasteiger partial charge in [-0.25, -0.2) is 4.57 Å². The number of hydrogen-bond donors (Lipinski definition) is 0. The molecule has 2 rings (SSSR count). The van der Waals surface area contributed by atoms with Gasteiger partial charge in [-0.05, 0) is 48.9 Å². The first kappa shape index (κ1) is 14.8. The fourth-order valence-corrected chi connectivity index (χ4v) is 2.77. The van der Waals surface area contributed by atoms with E-state index in [1.807, 2.05) is 0 Å². The summed E-state index contributed by atoms with van der Waals surface area (Å²) in [6.45, 7) is 8.95. The van der Waals surface area contributed by atoms with E-state index in [0.717, 1.165) is 12.8 Å². The molecule has 0 saturated carbocycles. The van der Waals surface area contributed by atoms with E-state index in [1.165, 1.54) is 27.9 Å². The molecule has 0 N–H and O–H groups in total. The molecule has 20 heavy (non-hydrogen) atoms. The predicted molar refractivity (Wildman–Crippen MR) is 85.7 cm³/mol. The van der Waals surface area contributed by atoms with Crippen LogP contribution in [0.4, 0.5) is 0 Å². The molecule has 2 aromatic rings. The number of hydrogen-bond acceptors (Lipinski definition) is 0. The van der Waals surface area contributed by atoms with Gasteiger partial charge in [-0.2, -0.15) is 0 Å². The van der Waals surface area contributed by atoms with Crippen LogP contribution in [-0.4, -0.2) is 0 Å². The van der Waals surface area contributed by atoms with Crippen LogP contribution in [0.5, 0.6) is 0 Å². The van der Waals surface area contributed by atoms with E-state index in [-0.39, 0.29) is 0 Å². The first-order chi connectivity index (χ1) is 9.51. The highest BCUT2D eigenvalue weighted by atomic mass is 14.9. The maximum Gasteiger partial charge on any atom is 0.212 e. The monoisotopic (exact) mass is 268 g/mol. The van der Waals surface area contributed by atoms with Crippen molar-refractivity contribution in [2.75, 3.05) is 0 Å². The third-order valence-corrected chi connectivity index (χ3v) is 3.81. The minimum absolute atomic E-state index is 0.709. The third kappa shape index (κ3) is 3.27. The molecule has 1 aromatic heterocycles. The molecule has 0 aliphatic heterocycles. The van der Waals surface area contributed by atoms with Crippen molar-refractivity contribution in [2.24, 2.45) is 13.0 Å².